The van der Waals surface area contributed by atoms with Crippen LogP contribution in [-0.4, -0.2) is 73.2 Å². The molecule has 0 N–H and O–H groups in total. The molecule has 1 aromatic rings. The van der Waals surface area contributed by atoms with Crippen LogP contribution in [0.2, 0.25) is 0 Å². The SMILES string of the molecule is CN(CCOC1CCC2C3CCc4cc(CCCC(C)(C)SS)ccc4C3CCC12C)CCOC(C(F)(F)F)(C(F)(F)F)C(F)(F)F. The third-order valence-corrected chi connectivity index (χ3v) is 13.2. The maximum Gasteiger partial charge on any atom is 0.435 e. The van der Waals surface area contributed by atoms with Gasteiger partial charge in [-0.1, -0.05) is 35.9 Å². The fourth-order valence-electron chi connectivity index (χ4n) is 8.33. The Hall–Kier alpha value is -0.830. The van der Waals surface area contributed by atoms with Gasteiger partial charge >= 0.3 is 24.1 Å². The summed E-state index contributed by atoms with van der Waals surface area (Å²) in [6.45, 7) is 4.96. The number of benzene rings is 1. The number of hydrogen-bond acceptors (Lipinski definition) is 5. The zero-order valence-electron chi connectivity index (χ0n) is 27.3. The van der Waals surface area contributed by atoms with Crippen LogP contribution in [0.15, 0.2) is 18.2 Å². The van der Waals surface area contributed by atoms with E-state index in [1.54, 1.807) is 10.8 Å². The topological polar surface area (TPSA) is 21.7 Å². The molecule has 2 fully saturated rings. The lowest BCUT2D eigenvalue weighted by atomic mass is 9.55. The monoisotopic (exact) mass is 723 g/mol. The number of likely N-dealkylation sites (N-methyl/N-ethyl adjacent to an activating group) is 1. The van der Waals surface area contributed by atoms with E-state index in [1.807, 2.05) is 0 Å². The van der Waals surface area contributed by atoms with E-state index in [1.165, 1.54) is 28.6 Å². The number of halogens is 9. The molecule has 3 aliphatic rings. The molecule has 47 heavy (non-hydrogen) atoms. The summed E-state index contributed by atoms with van der Waals surface area (Å²) in [5.74, 6) is 1.53. The molecular weight excluding hydrogens is 677 g/mol. The minimum atomic E-state index is -6.73. The van der Waals surface area contributed by atoms with Crippen LogP contribution >= 0.6 is 22.5 Å². The van der Waals surface area contributed by atoms with Crippen LogP contribution in [0.4, 0.5) is 39.5 Å². The molecule has 0 aromatic heterocycles. The molecular formula is C33H46F9NO2S2. The molecule has 0 bridgehead atoms. The molecule has 4 rings (SSSR count). The van der Waals surface area contributed by atoms with Crippen molar-refractivity contribution in [2.24, 2.45) is 17.3 Å². The first-order chi connectivity index (χ1) is 21.7. The maximum atomic E-state index is 13.1. The second-order valence-electron chi connectivity index (χ2n) is 14.5. The molecule has 5 unspecified atom stereocenters. The predicted molar refractivity (Wildman–Crippen MR) is 169 cm³/mol. The largest absolute Gasteiger partial charge is 0.435 e. The Kier molecular flexibility index (Phi) is 12.0. The number of thiol groups is 1. The van der Waals surface area contributed by atoms with Gasteiger partial charge in [-0.25, -0.2) is 0 Å². The summed E-state index contributed by atoms with van der Waals surface area (Å²) in [7, 11) is 2.99. The van der Waals surface area contributed by atoms with E-state index in [4.69, 9.17) is 4.74 Å². The molecule has 2 saturated carbocycles. The maximum absolute atomic E-state index is 13.1. The van der Waals surface area contributed by atoms with Crippen molar-refractivity contribution < 1.29 is 49.0 Å². The Morgan fingerprint density at radius 3 is 2.17 bits per heavy atom. The van der Waals surface area contributed by atoms with Crippen molar-refractivity contribution in [2.75, 3.05) is 33.4 Å². The fraction of sp³-hybridized carbons (Fsp3) is 0.818. The van der Waals surface area contributed by atoms with Crippen molar-refractivity contribution in [1.29, 1.82) is 0 Å². The molecule has 5 atom stereocenters. The van der Waals surface area contributed by atoms with Gasteiger partial charge in [0, 0.05) is 17.8 Å². The highest BCUT2D eigenvalue weighted by atomic mass is 33.1. The number of rotatable bonds is 13. The Morgan fingerprint density at radius 1 is 0.915 bits per heavy atom. The van der Waals surface area contributed by atoms with Crippen molar-refractivity contribution >= 4 is 22.5 Å². The second kappa shape index (κ2) is 14.4. The van der Waals surface area contributed by atoms with Crippen molar-refractivity contribution in [3.05, 3.63) is 34.9 Å². The van der Waals surface area contributed by atoms with Crippen molar-refractivity contribution in [2.45, 2.75) is 119 Å². The number of nitrogens with zero attached hydrogens (tertiary/aromatic N) is 1. The molecule has 0 saturated heterocycles. The van der Waals surface area contributed by atoms with Gasteiger partial charge in [0.15, 0.2) is 0 Å². The normalized spacial score (nSPS) is 27.1. The summed E-state index contributed by atoms with van der Waals surface area (Å²) in [6.07, 6.45) is -10.9. The van der Waals surface area contributed by atoms with Crippen LogP contribution in [0, 0.1) is 17.3 Å². The zero-order valence-corrected chi connectivity index (χ0v) is 29.0. The first-order valence-electron chi connectivity index (χ1n) is 16.3. The van der Waals surface area contributed by atoms with E-state index in [0.717, 1.165) is 57.8 Å². The van der Waals surface area contributed by atoms with E-state index in [9.17, 15) is 39.5 Å². The van der Waals surface area contributed by atoms with Gasteiger partial charge in [0.2, 0.25) is 0 Å². The van der Waals surface area contributed by atoms with E-state index in [-0.39, 0.29) is 29.4 Å². The zero-order chi connectivity index (χ0) is 35.1. The van der Waals surface area contributed by atoms with Gasteiger partial charge in [-0.05, 0) is 119 Å². The first kappa shape index (κ1) is 39.0. The van der Waals surface area contributed by atoms with E-state index >= 15 is 0 Å². The number of alkyl halides is 9. The lowest BCUT2D eigenvalue weighted by Gasteiger charge is -2.50. The molecule has 0 amide bonds. The molecule has 0 spiro atoms. The van der Waals surface area contributed by atoms with Gasteiger partial charge in [0.25, 0.3) is 0 Å². The third-order valence-electron chi connectivity index (χ3n) is 11.0. The van der Waals surface area contributed by atoms with Gasteiger partial charge in [0.05, 0.1) is 19.3 Å². The van der Waals surface area contributed by atoms with Crippen molar-refractivity contribution in [3.8, 4) is 0 Å². The average molecular weight is 724 g/mol. The summed E-state index contributed by atoms with van der Waals surface area (Å²) in [4.78, 5) is 1.31. The molecule has 0 aliphatic heterocycles. The molecule has 3 aliphatic carbocycles. The third kappa shape index (κ3) is 8.06. The van der Waals surface area contributed by atoms with E-state index in [0.29, 0.717) is 17.8 Å². The average Bonchev–Trinajstić information content (AvgIpc) is 3.29. The van der Waals surface area contributed by atoms with Gasteiger partial charge in [0.1, 0.15) is 0 Å². The minimum Gasteiger partial charge on any atom is -0.376 e. The quantitative estimate of drug-likeness (QED) is 0.124. The van der Waals surface area contributed by atoms with Crippen LogP contribution in [-0.2, 0) is 22.3 Å². The smallest absolute Gasteiger partial charge is 0.376 e. The van der Waals surface area contributed by atoms with Crippen LogP contribution in [0.5, 0.6) is 0 Å². The fourth-order valence-corrected chi connectivity index (χ4v) is 8.84. The van der Waals surface area contributed by atoms with E-state index < -0.39 is 37.3 Å². The van der Waals surface area contributed by atoms with Gasteiger partial charge in [-0.15, -0.1) is 11.7 Å². The first-order valence-corrected chi connectivity index (χ1v) is 18.1. The molecule has 14 heteroatoms. The van der Waals surface area contributed by atoms with Crippen LogP contribution in [0.25, 0.3) is 0 Å². The minimum absolute atomic E-state index is 0.0464. The molecule has 3 nitrogen and oxygen atoms in total. The summed E-state index contributed by atoms with van der Waals surface area (Å²) >= 11 is 4.39. The van der Waals surface area contributed by atoms with Crippen LogP contribution < -0.4 is 0 Å². The predicted octanol–water partition coefficient (Wildman–Crippen LogP) is 9.98. The van der Waals surface area contributed by atoms with Crippen LogP contribution in [0.3, 0.4) is 0 Å². The lowest BCUT2D eigenvalue weighted by Crippen LogP contribution is -2.68. The van der Waals surface area contributed by atoms with E-state index in [2.05, 4.69) is 55.4 Å². The molecule has 0 radical (unpaired) electrons. The number of aryl methyl sites for hydroxylation is 2. The number of ether oxygens (including phenoxy) is 2. The highest BCUT2D eigenvalue weighted by Crippen LogP contribution is 2.61. The highest BCUT2D eigenvalue weighted by molar-refractivity contribution is 8.69. The van der Waals surface area contributed by atoms with Gasteiger partial charge in [-0.2, -0.15) is 39.5 Å². The number of hydrogen-bond donors (Lipinski definition) is 1. The summed E-state index contributed by atoms with van der Waals surface area (Å²) < 4.78 is 128. The standard InChI is InChI=1S/C33H46F9NO2S2/c1-28(2,47-46)14-5-6-21-7-9-23-22(20-21)8-10-25-24(23)13-15-29(3)26(25)11-12-27(29)44-18-16-43(4)17-19-45-30(31(34,35)36,32(37,38)39)33(40,41)42/h7,9,20,24-27,46H,5-6,8,10-19H2,1-4H3. The Balaban J connectivity index is 1.29. The molecule has 270 valence electrons. The van der Waals surface area contributed by atoms with Crippen LogP contribution in [0.1, 0.15) is 88.3 Å². The second-order valence-corrected chi connectivity index (χ2v) is 16.3. The Morgan fingerprint density at radius 2 is 1.55 bits per heavy atom. The molecule has 1 aromatic carbocycles. The lowest BCUT2D eigenvalue weighted by molar-refractivity contribution is -0.457. The molecule has 0 heterocycles. The Bertz CT molecular complexity index is 1170. The number of fused-ring (bicyclic) bond motifs is 5. The summed E-state index contributed by atoms with van der Waals surface area (Å²) in [5.41, 5.74) is -1.98. The Labute approximate surface area is 280 Å². The summed E-state index contributed by atoms with van der Waals surface area (Å²) in [5, 5.41) is 0. The van der Waals surface area contributed by atoms with Gasteiger partial charge in [-0.3, -0.25) is 0 Å². The summed E-state index contributed by atoms with van der Waals surface area (Å²) in [6, 6.07) is 7.03. The van der Waals surface area contributed by atoms with Crippen molar-refractivity contribution in [3.63, 3.8) is 0 Å². The highest BCUT2D eigenvalue weighted by Gasteiger charge is 2.85. The van der Waals surface area contributed by atoms with Gasteiger partial charge < -0.3 is 14.4 Å². The van der Waals surface area contributed by atoms with Crippen molar-refractivity contribution in [1.82, 2.24) is 4.90 Å².